The van der Waals surface area contributed by atoms with Gasteiger partial charge in [0.15, 0.2) is 0 Å². The number of carbonyl (C=O) groups is 2. The first-order chi connectivity index (χ1) is 13.1. The minimum atomic E-state index is -0.505. The molecule has 0 spiro atoms. The first-order valence-electron chi connectivity index (χ1n) is 8.80. The standard InChI is InChI=1S/C20H19FN2O2S2/c21-14-6-7-18-15(10-14)16(8-9-27-18)22-19(24)17-11-26-12-23(17)20(25)13-4-2-1-3-5-13/h1-7,10,16-17H,8-9,11-12H2,(H,22,24)/t16-,17-/m0/s1. The Bertz CT molecular complexity index is 862. The Morgan fingerprint density at radius 3 is 2.78 bits per heavy atom. The molecule has 0 aliphatic carbocycles. The molecule has 1 N–H and O–H groups in total. The molecule has 0 aromatic heterocycles. The van der Waals surface area contributed by atoms with Crippen molar-refractivity contribution in [3.8, 4) is 0 Å². The Labute approximate surface area is 165 Å². The van der Waals surface area contributed by atoms with Crippen LogP contribution >= 0.6 is 23.5 Å². The summed E-state index contributed by atoms with van der Waals surface area (Å²) in [5.74, 6) is 1.34. The van der Waals surface area contributed by atoms with Crippen LogP contribution in [0.3, 0.4) is 0 Å². The van der Waals surface area contributed by atoms with Crippen LogP contribution in [0.2, 0.25) is 0 Å². The van der Waals surface area contributed by atoms with E-state index in [9.17, 15) is 14.0 Å². The second-order valence-electron chi connectivity index (χ2n) is 6.54. The second kappa shape index (κ2) is 7.94. The van der Waals surface area contributed by atoms with Crippen molar-refractivity contribution in [2.45, 2.75) is 23.4 Å². The van der Waals surface area contributed by atoms with E-state index in [1.165, 1.54) is 12.1 Å². The van der Waals surface area contributed by atoms with E-state index >= 15 is 0 Å². The molecule has 2 atom stereocenters. The van der Waals surface area contributed by atoms with Crippen molar-refractivity contribution in [2.24, 2.45) is 0 Å². The first-order valence-corrected chi connectivity index (χ1v) is 10.9. The lowest BCUT2D eigenvalue weighted by molar-refractivity contribution is -0.125. The summed E-state index contributed by atoms with van der Waals surface area (Å²) < 4.78 is 13.7. The van der Waals surface area contributed by atoms with Crippen LogP contribution in [0.4, 0.5) is 4.39 Å². The molecule has 1 saturated heterocycles. The van der Waals surface area contributed by atoms with Crippen LogP contribution in [-0.2, 0) is 4.79 Å². The van der Waals surface area contributed by atoms with Crippen LogP contribution in [0.5, 0.6) is 0 Å². The van der Waals surface area contributed by atoms with E-state index in [2.05, 4.69) is 5.32 Å². The van der Waals surface area contributed by atoms with Crippen LogP contribution in [0, 0.1) is 5.82 Å². The SMILES string of the molecule is O=C(N[C@H]1CCSc2ccc(F)cc21)[C@@H]1CSCN1C(=O)c1ccccc1. The summed E-state index contributed by atoms with van der Waals surface area (Å²) in [5.41, 5.74) is 1.41. The van der Waals surface area contributed by atoms with Crippen LogP contribution in [-0.4, -0.2) is 40.1 Å². The third-order valence-electron chi connectivity index (χ3n) is 4.79. The molecule has 0 bridgehead atoms. The summed E-state index contributed by atoms with van der Waals surface area (Å²) in [4.78, 5) is 28.3. The quantitative estimate of drug-likeness (QED) is 0.851. The minimum Gasteiger partial charge on any atom is -0.347 e. The number of hydrogen-bond acceptors (Lipinski definition) is 4. The van der Waals surface area contributed by atoms with Crippen molar-refractivity contribution in [1.82, 2.24) is 10.2 Å². The average Bonchev–Trinajstić information content (AvgIpc) is 3.18. The van der Waals surface area contributed by atoms with Crippen molar-refractivity contribution >= 4 is 35.3 Å². The monoisotopic (exact) mass is 402 g/mol. The smallest absolute Gasteiger partial charge is 0.255 e. The van der Waals surface area contributed by atoms with Gasteiger partial charge in [0, 0.05) is 22.0 Å². The van der Waals surface area contributed by atoms with E-state index in [4.69, 9.17) is 0 Å². The molecule has 140 valence electrons. The summed E-state index contributed by atoms with van der Waals surface area (Å²) in [6, 6.07) is 13.0. The molecule has 2 aromatic carbocycles. The van der Waals surface area contributed by atoms with Gasteiger partial charge in [0.25, 0.3) is 5.91 Å². The molecule has 4 nitrogen and oxygen atoms in total. The summed E-state index contributed by atoms with van der Waals surface area (Å²) in [7, 11) is 0. The number of amides is 2. The lowest BCUT2D eigenvalue weighted by Crippen LogP contribution is -2.48. The predicted octanol–water partition coefficient (Wildman–Crippen LogP) is 3.69. The molecule has 4 rings (SSSR count). The molecule has 2 amide bonds. The molecular formula is C20H19FN2O2S2. The van der Waals surface area contributed by atoms with E-state index in [-0.39, 0.29) is 23.7 Å². The molecule has 0 saturated carbocycles. The summed E-state index contributed by atoms with van der Waals surface area (Å²) >= 11 is 3.25. The Morgan fingerprint density at radius 2 is 1.96 bits per heavy atom. The van der Waals surface area contributed by atoms with Crippen molar-refractivity contribution < 1.29 is 14.0 Å². The minimum absolute atomic E-state index is 0.133. The van der Waals surface area contributed by atoms with Gasteiger partial charge in [0.05, 0.1) is 11.9 Å². The zero-order chi connectivity index (χ0) is 18.8. The van der Waals surface area contributed by atoms with Gasteiger partial charge in [-0.05, 0) is 42.3 Å². The maximum absolute atomic E-state index is 13.7. The van der Waals surface area contributed by atoms with Crippen molar-refractivity contribution in [3.05, 3.63) is 65.5 Å². The maximum Gasteiger partial charge on any atom is 0.255 e. The highest BCUT2D eigenvalue weighted by Gasteiger charge is 2.36. The molecule has 7 heteroatoms. The fourth-order valence-corrected chi connectivity index (χ4v) is 5.65. The number of hydrogen-bond donors (Lipinski definition) is 1. The number of halogens is 1. The van der Waals surface area contributed by atoms with Gasteiger partial charge in [-0.25, -0.2) is 4.39 Å². The van der Waals surface area contributed by atoms with Gasteiger partial charge in [-0.3, -0.25) is 9.59 Å². The van der Waals surface area contributed by atoms with Gasteiger partial charge in [-0.2, -0.15) is 0 Å². The number of carbonyl (C=O) groups excluding carboxylic acids is 2. The van der Waals surface area contributed by atoms with E-state index in [0.29, 0.717) is 17.2 Å². The maximum atomic E-state index is 13.7. The third-order valence-corrected chi connectivity index (χ3v) is 6.93. The van der Waals surface area contributed by atoms with Gasteiger partial charge in [0.1, 0.15) is 11.9 Å². The Hall–Kier alpha value is -1.99. The molecule has 0 radical (unpaired) electrons. The van der Waals surface area contributed by atoms with E-state index < -0.39 is 6.04 Å². The lowest BCUT2D eigenvalue weighted by atomic mass is 10.0. The third kappa shape index (κ3) is 3.84. The summed E-state index contributed by atoms with van der Waals surface area (Å²) in [5, 5.41) is 3.05. The van der Waals surface area contributed by atoms with Gasteiger partial charge in [0.2, 0.25) is 5.91 Å². The molecule has 27 heavy (non-hydrogen) atoms. The van der Waals surface area contributed by atoms with Crippen LogP contribution in [0.25, 0.3) is 0 Å². The van der Waals surface area contributed by atoms with Crippen LogP contribution in [0.1, 0.15) is 28.4 Å². The van der Waals surface area contributed by atoms with Gasteiger partial charge in [-0.15, -0.1) is 23.5 Å². The topological polar surface area (TPSA) is 49.4 Å². The van der Waals surface area contributed by atoms with Crippen molar-refractivity contribution in [2.75, 3.05) is 17.4 Å². The highest BCUT2D eigenvalue weighted by atomic mass is 32.2. The second-order valence-corrected chi connectivity index (χ2v) is 8.67. The zero-order valence-corrected chi connectivity index (χ0v) is 16.2. The largest absolute Gasteiger partial charge is 0.347 e. The Morgan fingerprint density at radius 1 is 1.15 bits per heavy atom. The van der Waals surface area contributed by atoms with E-state index in [0.717, 1.165) is 22.6 Å². The molecule has 2 aliphatic heterocycles. The molecule has 1 fully saturated rings. The predicted molar refractivity (Wildman–Crippen MR) is 106 cm³/mol. The van der Waals surface area contributed by atoms with Crippen molar-refractivity contribution in [3.63, 3.8) is 0 Å². The number of rotatable bonds is 3. The zero-order valence-electron chi connectivity index (χ0n) is 14.6. The van der Waals surface area contributed by atoms with Crippen LogP contribution in [0.15, 0.2) is 53.4 Å². The fourth-order valence-electron chi connectivity index (χ4n) is 3.39. The Balaban J connectivity index is 1.50. The molecular weight excluding hydrogens is 383 g/mol. The fraction of sp³-hybridized carbons (Fsp3) is 0.300. The van der Waals surface area contributed by atoms with Crippen LogP contribution < -0.4 is 5.32 Å². The number of nitrogens with zero attached hydrogens (tertiary/aromatic N) is 1. The lowest BCUT2D eigenvalue weighted by Gasteiger charge is -2.29. The first kappa shape index (κ1) is 18.4. The molecule has 2 heterocycles. The highest BCUT2D eigenvalue weighted by molar-refractivity contribution is 7.99. The number of nitrogens with one attached hydrogen (secondary N) is 1. The number of thioether (sulfide) groups is 2. The van der Waals surface area contributed by atoms with E-state index in [1.54, 1.807) is 46.6 Å². The van der Waals surface area contributed by atoms with Crippen molar-refractivity contribution in [1.29, 1.82) is 0 Å². The summed E-state index contributed by atoms with van der Waals surface area (Å²) in [6.07, 6.45) is 0.749. The van der Waals surface area contributed by atoms with E-state index in [1.807, 2.05) is 18.2 Å². The number of benzene rings is 2. The summed E-state index contributed by atoms with van der Waals surface area (Å²) in [6.45, 7) is 0. The molecule has 2 aliphatic rings. The van der Waals surface area contributed by atoms with Gasteiger partial charge >= 0.3 is 0 Å². The number of fused-ring (bicyclic) bond motifs is 1. The van der Waals surface area contributed by atoms with Gasteiger partial charge in [-0.1, -0.05) is 18.2 Å². The highest BCUT2D eigenvalue weighted by Crippen LogP contribution is 2.36. The molecule has 2 aromatic rings. The normalized spacial score (nSPS) is 21.6. The average molecular weight is 403 g/mol. The molecule has 0 unspecified atom stereocenters. The van der Waals surface area contributed by atoms with Gasteiger partial charge < -0.3 is 10.2 Å². The Kier molecular flexibility index (Phi) is 5.41.